The first-order valence-electron chi connectivity index (χ1n) is 9.71. The van der Waals surface area contributed by atoms with E-state index in [2.05, 4.69) is 74.5 Å². The van der Waals surface area contributed by atoms with Crippen molar-refractivity contribution in [3.05, 3.63) is 71.8 Å². The molecule has 0 fully saturated rings. The molecule has 2 aromatic carbocycles. The Kier molecular flexibility index (Phi) is 10.5. The zero-order chi connectivity index (χ0) is 17.1. The van der Waals surface area contributed by atoms with E-state index in [1.807, 2.05) is 0 Å². The normalized spacial score (nSPS) is 11.1. The van der Waals surface area contributed by atoms with E-state index in [0.717, 1.165) is 0 Å². The van der Waals surface area contributed by atoms with Crippen LogP contribution in [-0.2, 0) is 13.0 Å². The van der Waals surface area contributed by atoms with Gasteiger partial charge in [0.2, 0.25) is 0 Å². The highest BCUT2D eigenvalue weighted by Gasteiger charge is 2.26. The molecule has 2 aromatic rings. The smallest absolute Gasteiger partial charge is 0.104 e. The molecule has 0 aromatic heterocycles. The predicted molar refractivity (Wildman–Crippen MR) is 105 cm³/mol. The van der Waals surface area contributed by atoms with Crippen LogP contribution in [0.25, 0.3) is 0 Å². The Morgan fingerprint density at radius 1 is 0.640 bits per heavy atom. The van der Waals surface area contributed by atoms with Crippen molar-refractivity contribution in [2.45, 2.75) is 52.5 Å². The van der Waals surface area contributed by atoms with E-state index in [1.165, 1.54) is 73.9 Å². The average molecular weight is 360 g/mol. The second kappa shape index (κ2) is 12.1. The lowest BCUT2D eigenvalue weighted by Crippen LogP contribution is -3.00. The van der Waals surface area contributed by atoms with E-state index in [1.54, 1.807) is 0 Å². The fourth-order valence-corrected chi connectivity index (χ4v) is 3.54. The van der Waals surface area contributed by atoms with Crippen molar-refractivity contribution in [2.75, 3.05) is 19.6 Å². The first-order chi connectivity index (χ1) is 11.8. The van der Waals surface area contributed by atoms with Crippen molar-refractivity contribution < 1.29 is 16.9 Å². The van der Waals surface area contributed by atoms with Crippen LogP contribution in [0.3, 0.4) is 0 Å². The molecule has 0 aliphatic heterocycles. The first kappa shape index (κ1) is 21.7. The second-order valence-corrected chi connectivity index (χ2v) is 7.10. The fraction of sp³-hybridized carbons (Fsp3) is 0.478. The van der Waals surface area contributed by atoms with E-state index < -0.39 is 0 Å². The number of unbranched alkanes of at least 4 members (excludes halogenated alkanes) is 2. The first-order valence-corrected chi connectivity index (χ1v) is 9.71. The summed E-state index contributed by atoms with van der Waals surface area (Å²) >= 11 is 0. The van der Waals surface area contributed by atoms with Gasteiger partial charge in [0.25, 0.3) is 0 Å². The summed E-state index contributed by atoms with van der Waals surface area (Å²) in [4.78, 5) is 0. The van der Waals surface area contributed by atoms with Gasteiger partial charge in [0.15, 0.2) is 0 Å². The molecule has 0 aliphatic rings. The Labute approximate surface area is 161 Å². The van der Waals surface area contributed by atoms with Crippen molar-refractivity contribution in [3.8, 4) is 0 Å². The standard InChI is InChI=1S/C23H34N.ClH/c1-3-5-18-24(19-6-4-2,21-23-15-11-8-12-16-23)20-17-22-13-9-7-10-14-22;/h7-16H,3-6,17-21H2,1-2H3;1H/q+1;/p-1. The molecule has 0 spiro atoms. The Morgan fingerprint density at radius 2 is 1.12 bits per heavy atom. The molecule has 1 nitrogen and oxygen atoms in total. The maximum Gasteiger partial charge on any atom is 0.104 e. The molecule has 0 radical (unpaired) electrons. The van der Waals surface area contributed by atoms with Gasteiger partial charge in [-0.2, -0.15) is 0 Å². The van der Waals surface area contributed by atoms with Crippen LogP contribution in [0.5, 0.6) is 0 Å². The Bertz CT molecular complexity index is 545. The van der Waals surface area contributed by atoms with Crippen LogP contribution in [0.4, 0.5) is 0 Å². The molecule has 0 heterocycles. The molecule has 0 N–H and O–H groups in total. The molecule has 0 bridgehead atoms. The Hall–Kier alpha value is -1.31. The molecular formula is C23H34ClN. The summed E-state index contributed by atoms with van der Waals surface area (Å²) in [5.41, 5.74) is 2.96. The van der Waals surface area contributed by atoms with Crippen LogP contribution in [0.1, 0.15) is 50.7 Å². The van der Waals surface area contributed by atoms with E-state index in [-0.39, 0.29) is 12.4 Å². The van der Waals surface area contributed by atoms with Crippen molar-refractivity contribution >= 4 is 0 Å². The third kappa shape index (κ3) is 7.63. The summed E-state index contributed by atoms with van der Waals surface area (Å²) in [6.07, 6.45) is 6.40. The topological polar surface area (TPSA) is 0 Å². The molecule has 0 unspecified atom stereocenters. The summed E-state index contributed by atoms with van der Waals surface area (Å²) in [6, 6.07) is 22.1. The summed E-state index contributed by atoms with van der Waals surface area (Å²) < 4.78 is 1.24. The number of hydrogen-bond acceptors (Lipinski definition) is 0. The second-order valence-electron chi connectivity index (χ2n) is 7.10. The van der Waals surface area contributed by atoms with Crippen LogP contribution in [-0.4, -0.2) is 24.1 Å². The summed E-state index contributed by atoms with van der Waals surface area (Å²) in [5.74, 6) is 0. The van der Waals surface area contributed by atoms with Crippen molar-refractivity contribution in [2.24, 2.45) is 0 Å². The monoisotopic (exact) mass is 359 g/mol. The number of quaternary nitrogens is 1. The number of nitrogens with zero attached hydrogens (tertiary/aromatic N) is 1. The third-order valence-corrected chi connectivity index (χ3v) is 5.05. The molecular weight excluding hydrogens is 326 g/mol. The van der Waals surface area contributed by atoms with Gasteiger partial charge in [-0.15, -0.1) is 0 Å². The average Bonchev–Trinajstić information content (AvgIpc) is 2.64. The Morgan fingerprint density at radius 3 is 1.60 bits per heavy atom. The molecule has 0 saturated heterocycles. The molecule has 2 rings (SSSR count). The van der Waals surface area contributed by atoms with Gasteiger partial charge in [-0.25, -0.2) is 0 Å². The number of hydrogen-bond donors (Lipinski definition) is 0. The third-order valence-electron chi connectivity index (χ3n) is 5.05. The highest BCUT2D eigenvalue weighted by Crippen LogP contribution is 2.20. The molecule has 2 heteroatoms. The number of benzene rings is 2. The van der Waals surface area contributed by atoms with Gasteiger partial charge < -0.3 is 16.9 Å². The molecule has 0 aliphatic carbocycles. The van der Waals surface area contributed by atoms with Crippen LogP contribution >= 0.6 is 0 Å². The summed E-state index contributed by atoms with van der Waals surface area (Å²) in [7, 11) is 0. The molecule has 0 amide bonds. The van der Waals surface area contributed by atoms with E-state index in [0.29, 0.717) is 0 Å². The van der Waals surface area contributed by atoms with Crippen LogP contribution in [0.2, 0.25) is 0 Å². The van der Waals surface area contributed by atoms with Crippen LogP contribution in [0, 0.1) is 0 Å². The van der Waals surface area contributed by atoms with Gasteiger partial charge >= 0.3 is 0 Å². The predicted octanol–water partition coefficient (Wildman–Crippen LogP) is 2.85. The fourth-order valence-electron chi connectivity index (χ4n) is 3.54. The molecule has 0 atom stereocenters. The van der Waals surface area contributed by atoms with E-state index >= 15 is 0 Å². The minimum atomic E-state index is 0. The SMILES string of the molecule is CCCC[N+](CCCC)(CCc1ccccc1)Cc1ccccc1.[Cl-]. The lowest BCUT2D eigenvalue weighted by atomic mass is 10.1. The molecule has 0 saturated carbocycles. The maximum atomic E-state index is 2.31. The van der Waals surface area contributed by atoms with Gasteiger partial charge in [-0.05, 0) is 18.4 Å². The maximum absolute atomic E-state index is 2.31. The van der Waals surface area contributed by atoms with Crippen molar-refractivity contribution in [3.63, 3.8) is 0 Å². The summed E-state index contributed by atoms with van der Waals surface area (Å²) in [6.45, 7) is 9.66. The van der Waals surface area contributed by atoms with Crippen molar-refractivity contribution in [1.82, 2.24) is 0 Å². The van der Waals surface area contributed by atoms with E-state index in [9.17, 15) is 0 Å². The summed E-state index contributed by atoms with van der Waals surface area (Å²) in [5, 5.41) is 0. The lowest BCUT2D eigenvalue weighted by Gasteiger charge is -2.39. The number of rotatable bonds is 11. The molecule has 25 heavy (non-hydrogen) atoms. The van der Waals surface area contributed by atoms with Gasteiger partial charge in [-0.1, -0.05) is 87.4 Å². The minimum Gasteiger partial charge on any atom is -1.00 e. The number of halogens is 1. The van der Waals surface area contributed by atoms with Gasteiger partial charge in [0.05, 0.1) is 19.6 Å². The lowest BCUT2D eigenvalue weighted by molar-refractivity contribution is -0.941. The van der Waals surface area contributed by atoms with Crippen molar-refractivity contribution in [1.29, 1.82) is 0 Å². The Balaban J connectivity index is 0.00000312. The largest absolute Gasteiger partial charge is 1.00 e. The highest BCUT2D eigenvalue weighted by atomic mass is 35.5. The van der Waals surface area contributed by atoms with Gasteiger partial charge in [-0.3, -0.25) is 0 Å². The highest BCUT2D eigenvalue weighted by molar-refractivity contribution is 5.15. The van der Waals surface area contributed by atoms with Crippen LogP contribution in [0.15, 0.2) is 60.7 Å². The van der Waals surface area contributed by atoms with Gasteiger partial charge in [0, 0.05) is 12.0 Å². The quantitative estimate of drug-likeness (QED) is 0.541. The zero-order valence-corrected chi connectivity index (χ0v) is 16.7. The van der Waals surface area contributed by atoms with E-state index in [4.69, 9.17) is 0 Å². The van der Waals surface area contributed by atoms with Gasteiger partial charge in [0.1, 0.15) is 6.54 Å². The minimum absolute atomic E-state index is 0. The zero-order valence-electron chi connectivity index (χ0n) is 16.0. The molecule has 138 valence electrons. The van der Waals surface area contributed by atoms with Crippen LogP contribution < -0.4 is 12.4 Å².